The molecule has 3 aliphatic rings. The van der Waals surface area contributed by atoms with Gasteiger partial charge in [-0.1, -0.05) is 30.8 Å². The predicted molar refractivity (Wildman–Crippen MR) is 96.5 cm³/mol. The van der Waals surface area contributed by atoms with Crippen LogP contribution in [0.25, 0.3) is 0 Å². The van der Waals surface area contributed by atoms with Gasteiger partial charge in [-0.25, -0.2) is 0 Å². The third kappa shape index (κ3) is 4.01. The lowest BCUT2D eigenvalue weighted by Crippen LogP contribution is -2.49. The largest absolute Gasteiger partial charge is 0.456 e. The van der Waals surface area contributed by atoms with Crippen molar-refractivity contribution in [3.05, 3.63) is 11.7 Å². The Hall–Kier alpha value is -1.92. The molecular weight excluding hydrogens is 346 g/mol. The van der Waals surface area contributed by atoms with Crippen molar-refractivity contribution in [2.75, 3.05) is 6.61 Å². The summed E-state index contributed by atoms with van der Waals surface area (Å²) >= 11 is 0. The quantitative estimate of drug-likeness (QED) is 0.768. The summed E-state index contributed by atoms with van der Waals surface area (Å²) in [4.78, 5) is 29.0. The molecule has 1 N–H and O–H groups in total. The molecule has 1 amide bonds. The van der Waals surface area contributed by atoms with E-state index in [1.807, 2.05) is 0 Å². The van der Waals surface area contributed by atoms with E-state index in [2.05, 4.69) is 15.5 Å². The van der Waals surface area contributed by atoms with Gasteiger partial charge < -0.3 is 14.6 Å². The van der Waals surface area contributed by atoms with Gasteiger partial charge in [0.15, 0.2) is 12.4 Å². The molecule has 1 aromatic heterocycles. The molecular formula is C20H29N3O4. The molecule has 0 aromatic carbocycles. The average molecular weight is 375 g/mol. The van der Waals surface area contributed by atoms with Gasteiger partial charge in [-0.05, 0) is 49.9 Å². The molecule has 0 aliphatic heterocycles. The number of nitrogens with zero attached hydrogens (tertiary/aromatic N) is 2. The summed E-state index contributed by atoms with van der Waals surface area (Å²) in [7, 11) is 0. The number of hydrogen-bond donors (Lipinski definition) is 1. The van der Waals surface area contributed by atoms with Gasteiger partial charge in [-0.3, -0.25) is 9.59 Å². The Kier molecular flexibility index (Phi) is 5.19. The smallest absolute Gasteiger partial charge is 0.306 e. The monoisotopic (exact) mass is 375 g/mol. The van der Waals surface area contributed by atoms with Crippen LogP contribution in [0.5, 0.6) is 0 Å². The van der Waals surface area contributed by atoms with Crippen LogP contribution >= 0.6 is 0 Å². The molecule has 4 rings (SSSR count). The maximum Gasteiger partial charge on any atom is 0.306 e. The van der Waals surface area contributed by atoms with E-state index in [9.17, 15) is 9.59 Å². The summed E-state index contributed by atoms with van der Waals surface area (Å²) in [5.74, 6) is 2.41. The van der Waals surface area contributed by atoms with Crippen LogP contribution in [0, 0.1) is 24.7 Å². The Morgan fingerprint density at radius 1 is 1.22 bits per heavy atom. The zero-order valence-electron chi connectivity index (χ0n) is 16.0. The van der Waals surface area contributed by atoms with Crippen LogP contribution in [-0.2, 0) is 19.9 Å². The first-order valence-corrected chi connectivity index (χ1v) is 10.3. The molecule has 7 heteroatoms. The van der Waals surface area contributed by atoms with Gasteiger partial charge in [0.1, 0.15) is 5.54 Å². The van der Waals surface area contributed by atoms with Gasteiger partial charge in [0.2, 0.25) is 5.89 Å². The maximum atomic E-state index is 12.5. The van der Waals surface area contributed by atoms with Crippen LogP contribution in [0.3, 0.4) is 0 Å². The fourth-order valence-corrected chi connectivity index (χ4v) is 5.40. The van der Waals surface area contributed by atoms with Crippen LogP contribution in [0.2, 0.25) is 0 Å². The molecule has 148 valence electrons. The molecule has 0 radical (unpaired) electrons. The van der Waals surface area contributed by atoms with Crippen molar-refractivity contribution in [3.63, 3.8) is 0 Å². The van der Waals surface area contributed by atoms with Gasteiger partial charge in [0.05, 0.1) is 0 Å². The summed E-state index contributed by atoms with van der Waals surface area (Å²) in [5, 5.41) is 7.08. The van der Waals surface area contributed by atoms with Gasteiger partial charge >= 0.3 is 5.97 Å². The highest BCUT2D eigenvalue weighted by atomic mass is 16.5. The highest BCUT2D eigenvalue weighted by Gasteiger charge is 2.41. The first-order chi connectivity index (χ1) is 13.0. The van der Waals surface area contributed by atoms with Crippen molar-refractivity contribution in [2.24, 2.45) is 17.8 Å². The van der Waals surface area contributed by atoms with Crippen molar-refractivity contribution in [1.29, 1.82) is 0 Å². The zero-order chi connectivity index (χ0) is 18.9. The maximum absolute atomic E-state index is 12.5. The number of hydrogen-bond acceptors (Lipinski definition) is 6. The minimum absolute atomic E-state index is 0.238. The Bertz CT molecular complexity index is 695. The van der Waals surface area contributed by atoms with Gasteiger partial charge in [0.25, 0.3) is 5.91 Å². The van der Waals surface area contributed by atoms with Crippen LogP contribution in [0.15, 0.2) is 4.52 Å². The van der Waals surface area contributed by atoms with E-state index < -0.39 is 5.54 Å². The highest BCUT2D eigenvalue weighted by molar-refractivity contribution is 5.81. The Morgan fingerprint density at radius 2 is 2.04 bits per heavy atom. The summed E-state index contributed by atoms with van der Waals surface area (Å²) in [6.07, 6.45) is 10.1. The standard InChI is InChI=1S/C20H29N3O4/c1-13-21-19(23-27-13)20(7-3-2-4-8-20)22-17(24)12-26-18(25)11-16-10-14-5-6-15(16)9-14/h14-16H,2-12H2,1H3,(H,22,24). The molecule has 3 atom stereocenters. The van der Waals surface area contributed by atoms with Gasteiger partial charge in [-0.15, -0.1) is 0 Å². The van der Waals surface area contributed by atoms with Crippen molar-refractivity contribution >= 4 is 11.9 Å². The number of esters is 1. The van der Waals surface area contributed by atoms with Crippen LogP contribution in [0.1, 0.15) is 75.9 Å². The van der Waals surface area contributed by atoms with Crippen molar-refractivity contribution < 1.29 is 18.8 Å². The van der Waals surface area contributed by atoms with Crippen LogP contribution < -0.4 is 5.32 Å². The Morgan fingerprint density at radius 3 is 2.67 bits per heavy atom. The van der Waals surface area contributed by atoms with Crippen molar-refractivity contribution in [1.82, 2.24) is 15.5 Å². The summed E-state index contributed by atoms with van der Waals surface area (Å²) < 4.78 is 10.4. The molecule has 1 aromatic rings. The van der Waals surface area contributed by atoms with E-state index >= 15 is 0 Å². The van der Waals surface area contributed by atoms with E-state index in [1.54, 1.807) is 6.92 Å². The second-order valence-electron chi connectivity index (χ2n) is 8.63. The molecule has 0 spiro atoms. The molecule has 7 nitrogen and oxygen atoms in total. The SMILES string of the molecule is Cc1nc(C2(NC(=O)COC(=O)CC3CC4CCC3C4)CCCCC2)no1. The summed E-state index contributed by atoms with van der Waals surface area (Å²) in [6.45, 7) is 1.50. The zero-order valence-corrected chi connectivity index (χ0v) is 16.0. The van der Waals surface area contributed by atoms with E-state index in [0.717, 1.165) is 44.4 Å². The number of carbonyl (C=O) groups excluding carboxylic acids is 2. The van der Waals surface area contributed by atoms with Crippen LogP contribution in [-0.4, -0.2) is 28.6 Å². The second kappa shape index (κ2) is 7.60. The fourth-order valence-electron chi connectivity index (χ4n) is 5.40. The number of amides is 1. The Balaban J connectivity index is 1.30. The number of aryl methyl sites for hydroxylation is 1. The Labute approximate surface area is 159 Å². The fraction of sp³-hybridized carbons (Fsp3) is 0.800. The van der Waals surface area contributed by atoms with Crippen molar-refractivity contribution in [3.8, 4) is 0 Å². The number of nitrogens with one attached hydrogen (secondary N) is 1. The highest BCUT2D eigenvalue weighted by Crippen LogP contribution is 2.49. The average Bonchev–Trinajstić information content (AvgIpc) is 3.38. The summed E-state index contributed by atoms with van der Waals surface area (Å²) in [6, 6.07) is 0. The number of ether oxygens (including phenoxy) is 1. The van der Waals surface area contributed by atoms with Crippen LogP contribution in [0.4, 0.5) is 0 Å². The van der Waals surface area contributed by atoms with E-state index in [1.165, 1.54) is 19.3 Å². The first kappa shape index (κ1) is 18.4. The summed E-state index contributed by atoms with van der Waals surface area (Å²) in [5.41, 5.74) is -0.607. The molecule has 3 saturated carbocycles. The van der Waals surface area contributed by atoms with Gasteiger partial charge in [0, 0.05) is 13.3 Å². The normalized spacial score (nSPS) is 28.9. The molecule has 3 aliphatic carbocycles. The number of aromatic nitrogens is 2. The molecule has 2 bridgehead atoms. The van der Waals surface area contributed by atoms with Crippen molar-refractivity contribution in [2.45, 2.75) is 76.7 Å². The lowest BCUT2D eigenvalue weighted by atomic mass is 9.81. The molecule has 0 saturated heterocycles. The lowest BCUT2D eigenvalue weighted by molar-refractivity contribution is -0.150. The second-order valence-corrected chi connectivity index (χ2v) is 8.63. The third-order valence-electron chi connectivity index (χ3n) is 6.72. The first-order valence-electron chi connectivity index (χ1n) is 10.3. The molecule has 1 heterocycles. The van der Waals surface area contributed by atoms with E-state index in [-0.39, 0.29) is 18.5 Å². The number of fused-ring (bicyclic) bond motifs is 2. The minimum Gasteiger partial charge on any atom is -0.456 e. The van der Waals surface area contributed by atoms with E-state index in [0.29, 0.717) is 30.0 Å². The minimum atomic E-state index is -0.607. The van der Waals surface area contributed by atoms with E-state index in [4.69, 9.17) is 9.26 Å². The predicted octanol–water partition coefficient (Wildman–Crippen LogP) is 3.02. The third-order valence-corrected chi connectivity index (χ3v) is 6.72. The number of rotatable bonds is 6. The molecule has 3 unspecified atom stereocenters. The van der Waals surface area contributed by atoms with Gasteiger partial charge in [-0.2, -0.15) is 4.98 Å². The number of carbonyl (C=O) groups is 2. The lowest BCUT2D eigenvalue weighted by Gasteiger charge is -2.35. The molecule has 3 fully saturated rings. The topological polar surface area (TPSA) is 94.3 Å². The molecule has 27 heavy (non-hydrogen) atoms.